The molecule has 3 rings (SSSR count). The maximum Gasteiger partial charge on any atom is 0.0994 e. The Morgan fingerprint density at radius 1 is 1.00 bits per heavy atom. The molecule has 0 fully saturated rings. The summed E-state index contributed by atoms with van der Waals surface area (Å²) in [6, 6.07) is 20.1. The molecule has 0 saturated heterocycles. The lowest BCUT2D eigenvalue weighted by atomic mass is 10.0. The van der Waals surface area contributed by atoms with Gasteiger partial charge in [0.2, 0.25) is 0 Å². The summed E-state index contributed by atoms with van der Waals surface area (Å²) in [5, 5.41) is 13.3. The van der Waals surface area contributed by atoms with Gasteiger partial charge in [0.05, 0.1) is 17.3 Å². The molecule has 1 aromatic heterocycles. The van der Waals surface area contributed by atoms with Gasteiger partial charge >= 0.3 is 0 Å². The molecule has 96 valence electrons. The topological polar surface area (TPSA) is 41.6 Å². The molecule has 2 aromatic carbocycles. The Balaban J connectivity index is 1.84. The van der Waals surface area contributed by atoms with E-state index in [2.05, 4.69) is 23.3 Å². The van der Waals surface area contributed by atoms with Gasteiger partial charge in [-0.25, -0.2) is 4.68 Å². The predicted molar refractivity (Wildman–Crippen MR) is 77.5 cm³/mol. The highest BCUT2D eigenvalue weighted by molar-refractivity contribution is 5.42. The van der Waals surface area contributed by atoms with Crippen molar-refractivity contribution in [1.29, 1.82) is 5.26 Å². The first-order chi connectivity index (χ1) is 9.86. The van der Waals surface area contributed by atoms with Crippen molar-refractivity contribution in [2.24, 2.45) is 0 Å². The standard InChI is InChI=1S/C17H13N3/c18-13-16-5-2-1-4-15(16)12-14-6-8-17(9-7-14)20-11-3-10-19-20/h1-11H,12H2. The Hall–Kier alpha value is -2.86. The van der Waals surface area contributed by atoms with Crippen LogP contribution in [0.4, 0.5) is 0 Å². The number of rotatable bonds is 3. The highest BCUT2D eigenvalue weighted by atomic mass is 15.3. The normalized spacial score (nSPS) is 10.2. The molecule has 0 aliphatic rings. The Kier molecular flexibility index (Phi) is 3.30. The van der Waals surface area contributed by atoms with Crippen LogP contribution in [0, 0.1) is 11.3 Å². The zero-order chi connectivity index (χ0) is 13.8. The summed E-state index contributed by atoms with van der Waals surface area (Å²) in [4.78, 5) is 0. The summed E-state index contributed by atoms with van der Waals surface area (Å²) in [5.41, 5.74) is 4.02. The highest BCUT2D eigenvalue weighted by Gasteiger charge is 2.03. The van der Waals surface area contributed by atoms with Gasteiger partial charge in [0.25, 0.3) is 0 Å². The van der Waals surface area contributed by atoms with Crippen molar-refractivity contribution in [3.05, 3.63) is 83.7 Å². The zero-order valence-corrected chi connectivity index (χ0v) is 10.9. The minimum atomic E-state index is 0.739. The third-order valence-corrected chi connectivity index (χ3v) is 3.24. The Morgan fingerprint density at radius 2 is 1.80 bits per heavy atom. The summed E-state index contributed by atoms with van der Waals surface area (Å²) < 4.78 is 1.83. The fraction of sp³-hybridized carbons (Fsp3) is 0.0588. The molecule has 20 heavy (non-hydrogen) atoms. The van der Waals surface area contributed by atoms with E-state index < -0.39 is 0 Å². The number of nitriles is 1. The van der Waals surface area contributed by atoms with E-state index in [4.69, 9.17) is 5.26 Å². The molecule has 0 N–H and O–H groups in total. The van der Waals surface area contributed by atoms with E-state index in [1.54, 1.807) is 6.20 Å². The molecule has 3 aromatic rings. The lowest BCUT2D eigenvalue weighted by Gasteiger charge is -2.06. The van der Waals surface area contributed by atoms with Gasteiger partial charge < -0.3 is 0 Å². The van der Waals surface area contributed by atoms with E-state index in [1.165, 1.54) is 5.56 Å². The molecule has 0 unspecified atom stereocenters. The van der Waals surface area contributed by atoms with Crippen molar-refractivity contribution in [2.45, 2.75) is 6.42 Å². The van der Waals surface area contributed by atoms with Crippen LogP contribution < -0.4 is 0 Å². The van der Waals surface area contributed by atoms with E-state index in [9.17, 15) is 0 Å². The molecular weight excluding hydrogens is 246 g/mol. The quantitative estimate of drug-likeness (QED) is 0.724. The predicted octanol–water partition coefficient (Wildman–Crippen LogP) is 3.33. The van der Waals surface area contributed by atoms with Gasteiger partial charge in [-0.1, -0.05) is 30.3 Å². The average molecular weight is 259 g/mol. The molecule has 3 nitrogen and oxygen atoms in total. The van der Waals surface area contributed by atoms with Gasteiger partial charge in [-0.15, -0.1) is 0 Å². The van der Waals surface area contributed by atoms with Crippen LogP contribution in [0.3, 0.4) is 0 Å². The van der Waals surface area contributed by atoms with Gasteiger partial charge in [0.15, 0.2) is 0 Å². The van der Waals surface area contributed by atoms with Crippen LogP contribution in [0.5, 0.6) is 0 Å². The second kappa shape index (κ2) is 5.41. The molecule has 0 aliphatic carbocycles. The summed E-state index contributed by atoms with van der Waals surface area (Å²) in [7, 11) is 0. The summed E-state index contributed by atoms with van der Waals surface area (Å²) in [6.07, 6.45) is 4.44. The Bertz CT molecular complexity index is 735. The number of nitrogens with zero attached hydrogens (tertiary/aromatic N) is 3. The molecule has 1 heterocycles. The fourth-order valence-corrected chi connectivity index (χ4v) is 2.19. The smallest absolute Gasteiger partial charge is 0.0994 e. The summed E-state index contributed by atoms with van der Waals surface area (Å²) in [5.74, 6) is 0. The summed E-state index contributed by atoms with van der Waals surface area (Å²) in [6.45, 7) is 0. The number of aromatic nitrogens is 2. The van der Waals surface area contributed by atoms with Crippen molar-refractivity contribution >= 4 is 0 Å². The van der Waals surface area contributed by atoms with E-state index in [0.29, 0.717) is 0 Å². The van der Waals surface area contributed by atoms with Crippen LogP contribution in [-0.2, 0) is 6.42 Å². The molecule has 0 bridgehead atoms. The van der Waals surface area contributed by atoms with Crippen LogP contribution in [0.1, 0.15) is 16.7 Å². The molecule has 0 amide bonds. The second-order valence-electron chi connectivity index (χ2n) is 4.56. The van der Waals surface area contributed by atoms with Crippen LogP contribution in [-0.4, -0.2) is 9.78 Å². The van der Waals surface area contributed by atoms with Gasteiger partial charge in [0.1, 0.15) is 0 Å². The lowest BCUT2D eigenvalue weighted by molar-refractivity contribution is 0.879. The van der Waals surface area contributed by atoms with Crippen LogP contribution in [0.25, 0.3) is 5.69 Å². The number of benzene rings is 2. The van der Waals surface area contributed by atoms with Crippen molar-refractivity contribution in [2.75, 3.05) is 0 Å². The molecule has 0 saturated carbocycles. The molecule has 0 spiro atoms. The average Bonchev–Trinajstić information content (AvgIpc) is 3.03. The maximum atomic E-state index is 9.10. The maximum absolute atomic E-state index is 9.10. The molecule has 0 atom stereocenters. The van der Waals surface area contributed by atoms with E-state index in [-0.39, 0.29) is 0 Å². The highest BCUT2D eigenvalue weighted by Crippen LogP contribution is 2.15. The Labute approximate surface area is 117 Å². The number of hydrogen-bond acceptors (Lipinski definition) is 2. The van der Waals surface area contributed by atoms with Gasteiger partial charge in [-0.3, -0.25) is 0 Å². The van der Waals surface area contributed by atoms with Crippen molar-refractivity contribution < 1.29 is 0 Å². The lowest BCUT2D eigenvalue weighted by Crippen LogP contribution is -1.96. The van der Waals surface area contributed by atoms with Crippen LogP contribution in [0.15, 0.2) is 67.0 Å². The molecule has 0 radical (unpaired) electrons. The largest absolute Gasteiger partial charge is 0.241 e. The molecular formula is C17H13N3. The first kappa shape index (κ1) is 12.2. The third kappa shape index (κ3) is 2.45. The van der Waals surface area contributed by atoms with Crippen molar-refractivity contribution in [3.8, 4) is 11.8 Å². The molecule has 3 heteroatoms. The van der Waals surface area contributed by atoms with Crippen molar-refractivity contribution in [1.82, 2.24) is 9.78 Å². The fourth-order valence-electron chi connectivity index (χ4n) is 2.19. The minimum absolute atomic E-state index is 0.739. The van der Waals surface area contributed by atoms with Crippen molar-refractivity contribution in [3.63, 3.8) is 0 Å². The SMILES string of the molecule is N#Cc1ccccc1Cc1ccc(-n2cccn2)cc1. The van der Waals surface area contributed by atoms with E-state index >= 15 is 0 Å². The van der Waals surface area contributed by atoms with E-state index in [0.717, 1.165) is 23.2 Å². The van der Waals surface area contributed by atoms with Gasteiger partial charge in [0, 0.05) is 12.4 Å². The van der Waals surface area contributed by atoms with Crippen LogP contribution in [0.2, 0.25) is 0 Å². The first-order valence-corrected chi connectivity index (χ1v) is 6.44. The van der Waals surface area contributed by atoms with Crippen LogP contribution >= 0.6 is 0 Å². The monoisotopic (exact) mass is 259 g/mol. The van der Waals surface area contributed by atoms with Gasteiger partial charge in [-0.05, 0) is 41.8 Å². The third-order valence-electron chi connectivity index (χ3n) is 3.24. The van der Waals surface area contributed by atoms with Gasteiger partial charge in [-0.2, -0.15) is 10.4 Å². The zero-order valence-electron chi connectivity index (χ0n) is 10.9. The Morgan fingerprint density at radius 3 is 2.50 bits per heavy atom. The molecule has 0 aliphatic heterocycles. The summed E-state index contributed by atoms with van der Waals surface area (Å²) >= 11 is 0. The number of hydrogen-bond donors (Lipinski definition) is 0. The second-order valence-corrected chi connectivity index (χ2v) is 4.56. The van der Waals surface area contributed by atoms with E-state index in [1.807, 2.05) is 53.3 Å². The minimum Gasteiger partial charge on any atom is -0.241 e. The first-order valence-electron chi connectivity index (χ1n) is 6.44.